The molecule has 0 saturated carbocycles. The third kappa shape index (κ3) is 10.4. The number of aryl methyl sites for hydroxylation is 6. The van der Waals surface area contributed by atoms with Gasteiger partial charge in [-0.3, -0.25) is 10.2 Å². The lowest BCUT2D eigenvalue weighted by atomic mass is 9.96. The van der Waals surface area contributed by atoms with Crippen molar-refractivity contribution in [2.45, 2.75) is 60.2 Å². The van der Waals surface area contributed by atoms with Crippen LogP contribution in [-0.2, 0) is 9.47 Å². The van der Waals surface area contributed by atoms with Crippen LogP contribution in [-0.4, -0.2) is 52.6 Å². The van der Waals surface area contributed by atoms with Crippen molar-refractivity contribution in [1.82, 2.24) is 9.97 Å². The number of ketones is 1. The fourth-order valence-electron chi connectivity index (χ4n) is 3.97. The highest BCUT2D eigenvalue weighted by Crippen LogP contribution is 2.28. The average molecular weight is 652 g/mol. The van der Waals surface area contributed by atoms with Crippen molar-refractivity contribution in [3.63, 3.8) is 0 Å². The monoisotopic (exact) mass is 650 g/mol. The molecule has 0 saturated heterocycles. The summed E-state index contributed by atoms with van der Waals surface area (Å²) in [6, 6.07) is 7.29. The van der Waals surface area contributed by atoms with Crippen LogP contribution in [0.1, 0.15) is 78.7 Å². The maximum atomic E-state index is 11.9. The highest BCUT2D eigenvalue weighted by molar-refractivity contribution is 9.10. The van der Waals surface area contributed by atoms with Gasteiger partial charge in [0.15, 0.2) is 5.78 Å². The molecule has 0 fully saturated rings. The van der Waals surface area contributed by atoms with Crippen LogP contribution in [0.25, 0.3) is 11.3 Å². The Bertz CT molecular complexity index is 1410. The van der Waals surface area contributed by atoms with E-state index in [1.165, 1.54) is 21.1 Å². The second-order valence-electron chi connectivity index (χ2n) is 9.41. The number of methoxy groups -OCH3 is 2. The minimum absolute atomic E-state index is 0. The molecule has 0 radical (unpaired) electrons. The van der Waals surface area contributed by atoms with E-state index in [4.69, 9.17) is 20.6 Å². The molecule has 1 aromatic heterocycles. The van der Waals surface area contributed by atoms with E-state index < -0.39 is 5.97 Å². The lowest BCUT2D eigenvalue weighted by Gasteiger charge is -2.11. The van der Waals surface area contributed by atoms with Crippen LogP contribution in [0.2, 0.25) is 0 Å². The third-order valence-corrected chi connectivity index (χ3v) is 6.25. The number of ether oxygens (including phenoxy) is 2. The van der Waals surface area contributed by atoms with Crippen molar-refractivity contribution in [3.8, 4) is 11.3 Å². The molecule has 1 heterocycles. The first-order valence-electron chi connectivity index (χ1n) is 12.5. The Labute approximate surface area is 256 Å². The molecule has 224 valence electrons. The number of nitrogens with one attached hydrogen (secondary N) is 2. The standard InChI is InChI=1S/C15H18N2O2.C13H15BrO3.C2H6N2.ClH/c1-8-6-9(2)13(15(18)19-5)7-12(8)14-10(3)16-11(4)17-14;1-7-5-8(2)11(13(16)17-4)6-10(7)12(15)9(3)14;1-2(3)4;/h6-7H,1-5H3,(H,16,17);5-6,9H,1-4H3;1H3,(H3,3,4);1H. The van der Waals surface area contributed by atoms with Gasteiger partial charge in [-0.1, -0.05) is 28.1 Å². The van der Waals surface area contributed by atoms with Crippen molar-refractivity contribution >= 4 is 51.9 Å². The number of Topliss-reactive ketones (excluding diaryl/α,β-unsaturated/α-hetero) is 1. The van der Waals surface area contributed by atoms with E-state index in [-0.39, 0.29) is 34.8 Å². The molecule has 9 nitrogen and oxygen atoms in total. The van der Waals surface area contributed by atoms with Gasteiger partial charge >= 0.3 is 11.9 Å². The minimum Gasteiger partial charge on any atom is -0.465 e. The van der Waals surface area contributed by atoms with Crippen molar-refractivity contribution < 1.29 is 23.9 Å². The molecule has 0 aliphatic rings. The topological polar surface area (TPSA) is 148 Å². The summed E-state index contributed by atoms with van der Waals surface area (Å²) in [6.07, 6.45) is 0. The zero-order valence-corrected chi connectivity index (χ0v) is 27.6. The summed E-state index contributed by atoms with van der Waals surface area (Å²) in [5.41, 5.74) is 12.8. The Kier molecular flexibility index (Phi) is 15.3. The molecule has 1 atom stereocenters. The molecule has 0 bridgehead atoms. The second kappa shape index (κ2) is 16.7. The summed E-state index contributed by atoms with van der Waals surface area (Å²) in [5.74, 6) is 0.266. The summed E-state index contributed by atoms with van der Waals surface area (Å²) >= 11 is 3.24. The quantitative estimate of drug-likeness (QED) is 0.0935. The highest BCUT2D eigenvalue weighted by Gasteiger charge is 2.19. The molecule has 3 rings (SSSR count). The molecule has 0 spiro atoms. The third-order valence-electron chi connectivity index (χ3n) is 5.84. The number of esters is 2. The van der Waals surface area contributed by atoms with Crippen LogP contribution >= 0.6 is 28.3 Å². The number of H-pyrrole nitrogens is 1. The number of imidazole rings is 1. The predicted molar refractivity (Wildman–Crippen MR) is 169 cm³/mol. The number of benzene rings is 2. The maximum absolute atomic E-state index is 11.9. The number of hydrogen-bond donors (Lipinski definition) is 3. The van der Waals surface area contributed by atoms with Crippen molar-refractivity contribution in [1.29, 1.82) is 5.41 Å². The molecule has 11 heteroatoms. The lowest BCUT2D eigenvalue weighted by Crippen LogP contribution is -2.14. The Hall–Kier alpha value is -3.50. The number of alkyl halides is 1. The number of aromatic nitrogens is 2. The van der Waals surface area contributed by atoms with E-state index in [0.717, 1.165) is 45.0 Å². The zero-order chi connectivity index (χ0) is 30.9. The number of nitrogens with zero attached hydrogens (tertiary/aromatic N) is 1. The Morgan fingerprint density at radius 1 is 0.854 bits per heavy atom. The zero-order valence-electron chi connectivity index (χ0n) is 25.2. The normalized spacial score (nSPS) is 10.5. The number of halogens is 2. The first-order valence-corrected chi connectivity index (χ1v) is 13.4. The van der Waals surface area contributed by atoms with Gasteiger partial charge in [-0.05, 0) is 89.8 Å². The number of aromatic amines is 1. The van der Waals surface area contributed by atoms with Gasteiger partial charge in [0.2, 0.25) is 0 Å². The second-order valence-corrected chi connectivity index (χ2v) is 10.8. The molecule has 0 aliphatic carbocycles. The van der Waals surface area contributed by atoms with Crippen molar-refractivity contribution in [3.05, 3.63) is 74.7 Å². The summed E-state index contributed by atoms with van der Waals surface area (Å²) in [4.78, 5) is 42.7. The maximum Gasteiger partial charge on any atom is 0.338 e. The first-order chi connectivity index (χ1) is 18.5. The summed E-state index contributed by atoms with van der Waals surface area (Å²) in [6.45, 7) is 14.8. The van der Waals surface area contributed by atoms with Gasteiger partial charge in [-0.15, -0.1) is 12.4 Å². The van der Waals surface area contributed by atoms with Crippen LogP contribution in [0.4, 0.5) is 0 Å². The van der Waals surface area contributed by atoms with Crippen LogP contribution in [0.5, 0.6) is 0 Å². The van der Waals surface area contributed by atoms with Gasteiger partial charge < -0.3 is 20.2 Å². The van der Waals surface area contributed by atoms with Crippen molar-refractivity contribution in [2.75, 3.05) is 14.2 Å². The molecule has 0 aliphatic heterocycles. The SMILES string of the molecule is CC(=N)N.COC(=O)c1cc(-c2nc(C)[nH]c2C)c(C)cc1C.COC(=O)c1cc(C(=O)C(C)Br)c(C)cc1C.Cl. The molecule has 4 N–H and O–H groups in total. The van der Waals surface area contributed by atoms with E-state index in [1.54, 1.807) is 13.0 Å². The fourth-order valence-corrected chi connectivity index (χ4v) is 4.22. The fraction of sp³-hybridized carbons (Fsp3) is 0.367. The van der Waals surface area contributed by atoms with E-state index in [1.807, 2.05) is 59.7 Å². The van der Waals surface area contributed by atoms with Crippen LogP contribution in [0.3, 0.4) is 0 Å². The summed E-state index contributed by atoms with van der Waals surface area (Å²) < 4.78 is 9.51. The molecule has 41 heavy (non-hydrogen) atoms. The van der Waals surface area contributed by atoms with Gasteiger partial charge in [0.1, 0.15) is 5.82 Å². The molecule has 2 aromatic carbocycles. The van der Waals surface area contributed by atoms with Crippen LogP contribution in [0, 0.1) is 47.0 Å². The average Bonchev–Trinajstić information content (AvgIpc) is 3.20. The highest BCUT2D eigenvalue weighted by atomic mass is 79.9. The number of amidine groups is 1. The van der Waals surface area contributed by atoms with Crippen molar-refractivity contribution in [2.24, 2.45) is 5.73 Å². The Morgan fingerprint density at radius 2 is 1.27 bits per heavy atom. The largest absolute Gasteiger partial charge is 0.465 e. The number of carbonyl (C=O) groups is 3. The van der Waals surface area contributed by atoms with E-state index >= 15 is 0 Å². The smallest absolute Gasteiger partial charge is 0.338 e. The number of carbonyl (C=O) groups excluding carboxylic acids is 3. The van der Waals surface area contributed by atoms with Gasteiger partial charge in [0.05, 0.1) is 41.7 Å². The predicted octanol–water partition coefficient (Wildman–Crippen LogP) is 6.52. The molecule has 1 unspecified atom stereocenters. The molecular weight excluding hydrogens is 612 g/mol. The molecular formula is C30H40BrClN4O5. The van der Waals surface area contributed by atoms with Crippen LogP contribution in [0.15, 0.2) is 24.3 Å². The molecule has 3 aromatic rings. The summed E-state index contributed by atoms with van der Waals surface area (Å²) in [5, 5.41) is 6.28. The number of hydrogen-bond acceptors (Lipinski definition) is 7. The number of rotatable bonds is 5. The van der Waals surface area contributed by atoms with Gasteiger partial charge in [-0.25, -0.2) is 14.6 Å². The van der Waals surface area contributed by atoms with E-state index in [0.29, 0.717) is 16.7 Å². The van der Waals surface area contributed by atoms with Gasteiger partial charge in [-0.2, -0.15) is 0 Å². The van der Waals surface area contributed by atoms with E-state index in [9.17, 15) is 14.4 Å². The molecule has 0 amide bonds. The van der Waals surface area contributed by atoms with Gasteiger partial charge in [0, 0.05) is 16.8 Å². The lowest BCUT2D eigenvalue weighted by molar-refractivity contribution is 0.0591. The minimum atomic E-state index is -0.418. The Morgan fingerprint density at radius 3 is 1.66 bits per heavy atom. The van der Waals surface area contributed by atoms with E-state index in [2.05, 4.69) is 25.9 Å². The number of nitrogens with two attached hydrogens (primary N) is 1. The summed E-state index contributed by atoms with van der Waals surface area (Å²) in [7, 11) is 2.72. The Balaban J connectivity index is 0.000000679. The first kappa shape index (κ1) is 37.5. The van der Waals surface area contributed by atoms with Gasteiger partial charge in [0.25, 0.3) is 0 Å². The van der Waals surface area contributed by atoms with Crippen LogP contribution < -0.4 is 5.73 Å².